The van der Waals surface area contributed by atoms with Gasteiger partial charge in [-0.25, -0.2) is 9.59 Å². The van der Waals surface area contributed by atoms with Crippen molar-refractivity contribution in [2.45, 2.75) is 20.8 Å². The minimum absolute atomic E-state index is 0.0309. The van der Waals surface area contributed by atoms with Crippen molar-refractivity contribution in [2.75, 3.05) is 11.9 Å². The van der Waals surface area contributed by atoms with Crippen molar-refractivity contribution in [2.24, 2.45) is 11.8 Å². The van der Waals surface area contributed by atoms with Gasteiger partial charge in [-0.15, -0.1) is 0 Å². The summed E-state index contributed by atoms with van der Waals surface area (Å²) in [5.41, 5.74) is 0.382. The first-order valence-corrected chi connectivity index (χ1v) is 6.76. The van der Waals surface area contributed by atoms with Crippen LogP contribution in [0.3, 0.4) is 0 Å². The van der Waals surface area contributed by atoms with Crippen LogP contribution < -0.4 is 10.6 Å². The summed E-state index contributed by atoms with van der Waals surface area (Å²) >= 11 is 5.81. The van der Waals surface area contributed by atoms with Gasteiger partial charge in [-0.1, -0.05) is 32.4 Å². The van der Waals surface area contributed by atoms with Crippen LogP contribution in [0.1, 0.15) is 31.1 Å². The highest BCUT2D eigenvalue weighted by atomic mass is 35.5. The molecule has 0 spiro atoms. The number of nitrogens with one attached hydrogen (secondary N) is 2. The maximum atomic E-state index is 11.7. The fourth-order valence-corrected chi connectivity index (χ4v) is 1.69. The van der Waals surface area contributed by atoms with E-state index in [4.69, 9.17) is 16.7 Å². The molecule has 0 radical (unpaired) electrons. The molecule has 0 bridgehead atoms. The van der Waals surface area contributed by atoms with Gasteiger partial charge in [0.25, 0.3) is 0 Å². The Morgan fingerprint density at radius 2 is 1.90 bits per heavy atom. The van der Waals surface area contributed by atoms with E-state index in [-0.39, 0.29) is 16.6 Å². The summed E-state index contributed by atoms with van der Waals surface area (Å²) in [5.74, 6) is -0.265. The van der Waals surface area contributed by atoms with Crippen LogP contribution in [0.25, 0.3) is 0 Å². The van der Waals surface area contributed by atoms with Crippen molar-refractivity contribution in [1.29, 1.82) is 0 Å². The summed E-state index contributed by atoms with van der Waals surface area (Å²) in [7, 11) is 0. The van der Waals surface area contributed by atoms with Gasteiger partial charge in [0, 0.05) is 17.3 Å². The second-order valence-electron chi connectivity index (χ2n) is 5.09. The number of carbonyl (C=O) groups is 2. The lowest BCUT2D eigenvalue weighted by Crippen LogP contribution is -2.33. The van der Waals surface area contributed by atoms with Gasteiger partial charge in [0.15, 0.2) is 0 Å². The second kappa shape index (κ2) is 7.14. The monoisotopic (exact) mass is 298 g/mol. The molecule has 0 heterocycles. The number of benzene rings is 1. The average molecular weight is 299 g/mol. The van der Waals surface area contributed by atoms with Crippen molar-refractivity contribution in [1.82, 2.24) is 5.32 Å². The van der Waals surface area contributed by atoms with Gasteiger partial charge in [0.2, 0.25) is 0 Å². The number of carbonyl (C=O) groups excluding carboxylic acids is 1. The minimum atomic E-state index is -1.09. The van der Waals surface area contributed by atoms with E-state index >= 15 is 0 Å². The molecule has 1 unspecified atom stereocenters. The molecule has 0 aliphatic carbocycles. The molecular weight excluding hydrogens is 280 g/mol. The van der Waals surface area contributed by atoms with E-state index in [1.54, 1.807) is 0 Å². The Morgan fingerprint density at radius 3 is 2.45 bits per heavy atom. The van der Waals surface area contributed by atoms with Crippen molar-refractivity contribution in [3.05, 3.63) is 28.8 Å². The Kier molecular flexibility index (Phi) is 5.82. The molecule has 6 heteroatoms. The molecule has 110 valence electrons. The summed E-state index contributed by atoms with van der Waals surface area (Å²) in [6.45, 7) is 6.77. The molecular formula is C14H19ClN2O3. The smallest absolute Gasteiger partial charge is 0.335 e. The first kappa shape index (κ1) is 16.3. The number of urea groups is 1. The highest BCUT2D eigenvalue weighted by Crippen LogP contribution is 2.19. The maximum Gasteiger partial charge on any atom is 0.335 e. The van der Waals surface area contributed by atoms with Gasteiger partial charge in [-0.05, 0) is 30.0 Å². The number of anilines is 1. The average Bonchev–Trinajstić information content (AvgIpc) is 2.34. The number of carboxylic acid groups (broad SMARTS) is 1. The molecule has 0 saturated heterocycles. The van der Waals surface area contributed by atoms with Crippen LogP contribution in [-0.4, -0.2) is 23.7 Å². The lowest BCUT2D eigenvalue weighted by atomic mass is 9.98. The van der Waals surface area contributed by atoms with E-state index in [2.05, 4.69) is 24.5 Å². The molecule has 1 rings (SSSR count). The zero-order valence-corrected chi connectivity index (χ0v) is 12.5. The molecule has 1 aromatic carbocycles. The normalized spacial score (nSPS) is 12.1. The van der Waals surface area contributed by atoms with E-state index < -0.39 is 5.97 Å². The molecule has 0 aliphatic rings. The third-order valence-corrected chi connectivity index (χ3v) is 3.34. The van der Waals surface area contributed by atoms with Crippen molar-refractivity contribution in [3.8, 4) is 0 Å². The van der Waals surface area contributed by atoms with Crippen LogP contribution in [0.4, 0.5) is 10.5 Å². The van der Waals surface area contributed by atoms with Gasteiger partial charge in [0.05, 0.1) is 5.56 Å². The van der Waals surface area contributed by atoms with Crippen molar-refractivity contribution >= 4 is 29.3 Å². The van der Waals surface area contributed by atoms with Crippen LogP contribution in [0.2, 0.25) is 5.02 Å². The zero-order chi connectivity index (χ0) is 15.3. The summed E-state index contributed by atoms with van der Waals surface area (Å²) in [4.78, 5) is 22.6. The van der Waals surface area contributed by atoms with Gasteiger partial charge in [-0.2, -0.15) is 0 Å². The molecule has 5 nitrogen and oxygen atoms in total. The third kappa shape index (κ3) is 5.09. The largest absolute Gasteiger partial charge is 0.478 e. The number of aromatic carboxylic acids is 1. The minimum Gasteiger partial charge on any atom is -0.478 e. The number of hydrogen-bond acceptors (Lipinski definition) is 2. The van der Waals surface area contributed by atoms with Gasteiger partial charge in [-0.3, -0.25) is 0 Å². The maximum absolute atomic E-state index is 11.7. The molecule has 20 heavy (non-hydrogen) atoms. The Morgan fingerprint density at radius 1 is 1.25 bits per heavy atom. The number of halogens is 1. The van der Waals surface area contributed by atoms with E-state index in [9.17, 15) is 9.59 Å². The number of amides is 2. The standard InChI is InChI=1S/C14H19ClN2O3/c1-8(2)9(3)7-16-14(20)17-12-5-10(13(18)19)4-11(15)6-12/h4-6,8-9H,7H2,1-3H3,(H,18,19)(H2,16,17,20). The van der Waals surface area contributed by atoms with Crippen molar-refractivity contribution < 1.29 is 14.7 Å². The second-order valence-corrected chi connectivity index (χ2v) is 5.53. The highest BCUT2D eigenvalue weighted by Gasteiger charge is 2.11. The van der Waals surface area contributed by atoms with E-state index in [0.717, 1.165) is 0 Å². The summed E-state index contributed by atoms with van der Waals surface area (Å²) in [5, 5.41) is 14.5. The van der Waals surface area contributed by atoms with E-state index in [1.165, 1.54) is 18.2 Å². The number of rotatable bonds is 5. The molecule has 2 amide bonds. The molecule has 0 saturated carbocycles. The predicted molar refractivity (Wildman–Crippen MR) is 79.4 cm³/mol. The molecule has 0 aliphatic heterocycles. The van der Waals surface area contributed by atoms with Crippen LogP contribution in [0.15, 0.2) is 18.2 Å². The molecule has 1 atom stereocenters. The van der Waals surface area contributed by atoms with Gasteiger partial charge in [0.1, 0.15) is 0 Å². The molecule has 3 N–H and O–H groups in total. The quantitative estimate of drug-likeness (QED) is 0.779. The number of hydrogen-bond donors (Lipinski definition) is 3. The topological polar surface area (TPSA) is 78.4 Å². The molecule has 0 fully saturated rings. The summed E-state index contributed by atoms with van der Waals surface area (Å²) in [6, 6.07) is 3.81. The lowest BCUT2D eigenvalue weighted by Gasteiger charge is -2.16. The van der Waals surface area contributed by atoms with Gasteiger partial charge >= 0.3 is 12.0 Å². The zero-order valence-electron chi connectivity index (χ0n) is 11.7. The predicted octanol–water partition coefficient (Wildman–Crippen LogP) is 3.45. The van der Waals surface area contributed by atoms with Gasteiger partial charge < -0.3 is 15.7 Å². The SMILES string of the molecule is CC(C)C(C)CNC(=O)Nc1cc(Cl)cc(C(=O)O)c1. The Balaban J connectivity index is 2.64. The van der Waals surface area contributed by atoms with E-state index in [0.29, 0.717) is 24.1 Å². The van der Waals surface area contributed by atoms with E-state index in [1.807, 2.05) is 6.92 Å². The molecule has 0 aromatic heterocycles. The highest BCUT2D eigenvalue weighted by molar-refractivity contribution is 6.31. The van der Waals surface area contributed by atoms with Crippen LogP contribution in [0.5, 0.6) is 0 Å². The van der Waals surface area contributed by atoms with Crippen LogP contribution >= 0.6 is 11.6 Å². The summed E-state index contributed by atoms with van der Waals surface area (Å²) in [6.07, 6.45) is 0. The Bertz CT molecular complexity index is 503. The summed E-state index contributed by atoms with van der Waals surface area (Å²) < 4.78 is 0. The van der Waals surface area contributed by atoms with Crippen LogP contribution in [-0.2, 0) is 0 Å². The number of carboxylic acids is 1. The fraction of sp³-hybridized carbons (Fsp3) is 0.429. The van der Waals surface area contributed by atoms with Crippen LogP contribution in [0, 0.1) is 11.8 Å². The Hall–Kier alpha value is -1.75. The molecule has 1 aromatic rings. The fourth-order valence-electron chi connectivity index (χ4n) is 1.45. The van der Waals surface area contributed by atoms with Crippen molar-refractivity contribution in [3.63, 3.8) is 0 Å². The first-order valence-electron chi connectivity index (χ1n) is 6.38. The third-order valence-electron chi connectivity index (χ3n) is 3.13. The Labute approximate surface area is 123 Å². The lowest BCUT2D eigenvalue weighted by molar-refractivity contribution is 0.0697. The first-order chi connectivity index (χ1) is 9.29.